The second-order valence-corrected chi connectivity index (χ2v) is 5.80. The summed E-state index contributed by atoms with van der Waals surface area (Å²) in [5, 5.41) is 12.6. The van der Waals surface area contributed by atoms with Crippen molar-refractivity contribution in [2.75, 3.05) is 25.5 Å². The number of halogens is 1. The summed E-state index contributed by atoms with van der Waals surface area (Å²) in [6, 6.07) is 6.37. The number of aliphatic carboxylic acids is 1. The maximum absolute atomic E-state index is 12.9. The lowest BCUT2D eigenvalue weighted by Gasteiger charge is -2.32. The number of carboxylic acids is 1. The summed E-state index contributed by atoms with van der Waals surface area (Å²) in [6.45, 7) is 0.757. The van der Waals surface area contributed by atoms with E-state index in [1.807, 2.05) is 11.9 Å². The van der Waals surface area contributed by atoms with Gasteiger partial charge in [-0.15, -0.1) is 0 Å². The molecule has 1 aromatic carbocycles. The minimum atomic E-state index is -0.788. The predicted molar refractivity (Wildman–Crippen MR) is 81.1 cm³/mol. The van der Waals surface area contributed by atoms with Gasteiger partial charge in [0.15, 0.2) is 0 Å². The van der Waals surface area contributed by atoms with Crippen LogP contribution in [0.2, 0.25) is 0 Å². The van der Waals surface area contributed by atoms with Crippen molar-refractivity contribution in [3.8, 4) is 0 Å². The van der Waals surface area contributed by atoms with Crippen LogP contribution in [0.1, 0.15) is 25.7 Å². The number of likely N-dealkylation sites (N-methyl/N-ethyl adjacent to an activating group) is 1. The van der Waals surface area contributed by atoms with Crippen molar-refractivity contribution in [2.24, 2.45) is 5.92 Å². The van der Waals surface area contributed by atoms with Crippen LogP contribution in [0.5, 0.6) is 0 Å². The maximum Gasteiger partial charge on any atom is 0.324 e. The highest BCUT2D eigenvalue weighted by Gasteiger charge is 2.47. The van der Waals surface area contributed by atoms with E-state index in [0.717, 1.165) is 31.5 Å². The van der Waals surface area contributed by atoms with Gasteiger partial charge in [-0.25, -0.2) is 4.39 Å². The number of hydrogen-bond acceptors (Lipinski definition) is 3. The topological polar surface area (TPSA) is 52.6 Å². The molecule has 5 heteroatoms. The number of nitrogens with zero attached hydrogens (tertiary/aromatic N) is 1. The Hall–Kier alpha value is -1.62. The standard InChI is InChI=1S/C16H23FN2O2/c1-18-16(15(20)21)10-3-4-12(16)9-11-19(2)14-7-5-13(17)6-8-14/h5-8,12,18H,3-4,9-11H2,1-2H3,(H,20,21). The van der Waals surface area contributed by atoms with Gasteiger partial charge in [0.05, 0.1) is 0 Å². The molecule has 0 spiro atoms. The third-order valence-electron chi connectivity index (χ3n) is 4.73. The van der Waals surface area contributed by atoms with E-state index >= 15 is 0 Å². The van der Waals surface area contributed by atoms with Crippen molar-refractivity contribution in [1.29, 1.82) is 0 Å². The van der Waals surface area contributed by atoms with Crippen LogP contribution in [0.4, 0.5) is 10.1 Å². The molecule has 116 valence electrons. The average Bonchev–Trinajstić information content (AvgIpc) is 2.89. The number of benzene rings is 1. The molecular formula is C16H23FN2O2. The number of nitrogens with one attached hydrogen (secondary N) is 1. The van der Waals surface area contributed by atoms with E-state index in [2.05, 4.69) is 5.32 Å². The Kier molecular flexibility index (Phi) is 4.83. The van der Waals surface area contributed by atoms with E-state index in [1.54, 1.807) is 19.2 Å². The Labute approximate surface area is 125 Å². The molecule has 0 saturated heterocycles. The van der Waals surface area contributed by atoms with Gasteiger partial charge < -0.3 is 15.3 Å². The lowest BCUT2D eigenvalue weighted by molar-refractivity contribution is -0.146. The molecule has 0 radical (unpaired) electrons. The summed E-state index contributed by atoms with van der Waals surface area (Å²) in [7, 11) is 3.68. The quantitative estimate of drug-likeness (QED) is 0.846. The van der Waals surface area contributed by atoms with Gasteiger partial charge in [0.25, 0.3) is 0 Å². The number of hydrogen-bond donors (Lipinski definition) is 2. The van der Waals surface area contributed by atoms with Crippen molar-refractivity contribution in [3.05, 3.63) is 30.1 Å². The molecule has 2 N–H and O–H groups in total. The summed E-state index contributed by atoms with van der Waals surface area (Å²) in [5.41, 5.74) is 0.156. The Morgan fingerprint density at radius 3 is 2.71 bits per heavy atom. The molecule has 0 aromatic heterocycles. The minimum absolute atomic E-state index is 0.128. The van der Waals surface area contributed by atoms with Crippen LogP contribution >= 0.6 is 0 Å². The van der Waals surface area contributed by atoms with Crippen LogP contribution in [0.3, 0.4) is 0 Å². The van der Waals surface area contributed by atoms with E-state index in [9.17, 15) is 14.3 Å². The van der Waals surface area contributed by atoms with Crippen LogP contribution in [0, 0.1) is 11.7 Å². The number of rotatable bonds is 6. The van der Waals surface area contributed by atoms with Gasteiger partial charge in [-0.3, -0.25) is 4.79 Å². The van der Waals surface area contributed by atoms with Gasteiger partial charge in [-0.05, 0) is 56.5 Å². The first-order chi connectivity index (χ1) is 9.99. The molecule has 0 bridgehead atoms. The molecule has 2 rings (SSSR count). The minimum Gasteiger partial charge on any atom is -0.480 e. The molecule has 0 aliphatic heterocycles. The van der Waals surface area contributed by atoms with Gasteiger partial charge in [-0.1, -0.05) is 6.42 Å². The van der Waals surface area contributed by atoms with Crippen molar-refractivity contribution in [2.45, 2.75) is 31.2 Å². The van der Waals surface area contributed by atoms with Crippen molar-refractivity contribution >= 4 is 11.7 Å². The first-order valence-corrected chi connectivity index (χ1v) is 7.38. The molecular weight excluding hydrogens is 271 g/mol. The van der Waals surface area contributed by atoms with Crippen LogP contribution in [0.15, 0.2) is 24.3 Å². The van der Waals surface area contributed by atoms with Crippen LogP contribution < -0.4 is 10.2 Å². The molecule has 0 heterocycles. The highest BCUT2D eigenvalue weighted by Crippen LogP contribution is 2.38. The second kappa shape index (κ2) is 6.43. The zero-order chi connectivity index (χ0) is 15.5. The molecule has 1 aliphatic carbocycles. The highest BCUT2D eigenvalue weighted by molar-refractivity contribution is 5.79. The van der Waals surface area contributed by atoms with Crippen LogP contribution in [0.25, 0.3) is 0 Å². The Morgan fingerprint density at radius 1 is 1.48 bits per heavy atom. The van der Waals surface area contributed by atoms with Crippen LogP contribution in [-0.2, 0) is 4.79 Å². The number of anilines is 1. The lowest BCUT2D eigenvalue weighted by Crippen LogP contribution is -2.53. The van der Waals surface area contributed by atoms with E-state index in [1.165, 1.54) is 12.1 Å². The summed E-state index contributed by atoms with van der Waals surface area (Å²) in [5.74, 6) is -0.872. The third kappa shape index (κ3) is 3.18. The van der Waals surface area contributed by atoms with Gasteiger partial charge in [0.1, 0.15) is 11.4 Å². The van der Waals surface area contributed by atoms with Gasteiger partial charge in [0, 0.05) is 19.3 Å². The maximum atomic E-state index is 12.9. The normalized spacial score (nSPS) is 25.0. The smallest absolute Gasteiger partial charge is 0.324 e. The molecule has 0 amide bonds. The van der Waals surface area contributed by atoms with Crippen molar-refractivity contribution in [3.63, 3.8) is 0 Å². The zero-order valence-corrected chi connectivity index (χ0v) is 12.6. The SMILES string of the molecule is CNC1(C(=O)O)CCCC1CCN(C)c1ccc(F)cc1. The van der Waals surface area contributed by atoms with E-state index in [4.69, 9.17) is 0 Å². The molecule has 1 saturated carbocycles. The molecule has 21 heavy (non-hydrogen) atoms. The molecule has 1 aliphatic rings. The monoisotopic (exact) mass is 294 g/mol. The van der Waals surface area contributed by atoms with Crippen LogP contribution in [-0.4, -0.2) is 37.3 Å². The highest BCUT2D eigenvalue weighted by atomic mass is 19.1. The molecule has 2 unspecified atom stereocenters. The van der Waals surface area contributed by atoms with Crippen molar-refractivity contribution in [1.82, 2.24) is 5.32 Å². The predicted octanol–water partition coefficient (Wildman–Crippen LogP) is 2.49. The average molecular weight is 294 g/mol. The third-order valence-corrected chi connectivity index (χ3v) is 4.73. The van der Waals surface area contributed by atoms with Gasteiger partial charge >= 0.3 is 5.97 Å². The summed E-state index contributed by atoms with van der Waals surface area (Å²) in [4.78, 5) is 13.6. The van der Waals surface area contributed by atoms with E-state index in [0.29, 0.717) is 6.42 Å². The first kappa shape index (κ1) is 15.8. The first-order valence-electron chi connectivity index (χ1n) is 7.38. The number of carbonyl (C=O) groups is 1. The molecule has 4 nitrogen and oxygen atoms in total. The van der Waals surface area contributed by atoms with Gasteiger partial charge in [-0.2, -0.15) is 0 Å². The zero-order valence-electron chi connectivity index (χ0n) is 12.6. The summed E-state index contributed by atoms with van der Waals surface area (Å²) >= 11 is 0. The fraction of sp³-hybridized carbons (Fsp3) is 0.562. The fourth-order valence-corrected chi connectivity index (χ4v) is 3.36. The summed E-state index contributed by atoms with van der Waals surface area (Å²) in [6.07, 6.45) is 3.37. The molecule has 1 aromatic rings. The second-order valence-electron chi connectivity index (χ2n) is 5.80. The summed E-state index contributed by atoms with van der Waals surface area (Å²) < 4.78 is 12.9. The van der Waals surface area contributed by atoms with E-state index < -0.39 is 11.5 Å². The van der Waals surface area contributed by atoms with E-state index in [-0.39, 0.29) is 11.7 Å². The fourth-order valence-electron chi connectivity index (χ4n) is 3.36. The Bertz CT molecular complexity index is 492. The molecule has 1 fully saturated rings. The Balaban J connectivity index is 1.98. The number of carboxylic acid groups (broad SMARTS) is 1. The largest absolute Gasteiger partial charge is 0.480 e. The van der Waals surface area contributed by atoms with Crippen molar-refractivity contribution < 1.29 is 14.3 Å². The molecule has 2 atom stereocenters. The Morgan fingerprint density at radius 2 is 2.14 bits per heavy atom. The lowest BCUT2D eigenvalue weighted by atomic mass is 9.84. The van der Waals surface area contributed by atoms with Gasteiger partial charge in [0.2, 0.25) is 0 Å².